The number of amides is 1. The van der Waals surface area contributed by atoms with E-state index in [4.69, 9.17) is 4.74 Å². The highest BCUT2D eigenvalue weighted by atomic mass is 16.5. The van der Waals surface area contributed by atoms with E-state index in [2.05, 4.69) is 16.4 Å². The first-order valence-electron chi connectivity index (χ1n) is 9.04. The summed E-state index contributed by atoms with van der Waals surface area (Å²) in [5, 5.41) is 3.83. The zero-order valence-electron chi connectivity index (χ0n) is 16.1. The molecule has 0 aliphatic rings. The maximum absolute atomic E-state index is 12.3. The summed E-state index contributed by atoms with van der Waals surface area (Å²) in [6.45, 7) is 7.65. The molecule has 0 bridgehead atoms. The molecule has 27 heavy (non-hydrogen) atoms. The van der Waals surface area contributed by atoms with Gasteiger partial charge in [0.1, 0.15) is 5.69 Å². The van der Waals surface area contributed by atoms with E-state index in [0.29, 0.717) is 5.69 Å². The van der Waals surface area contributed by atoms with E-state index >= 15 is 0 Å². The highest BCUT2D eigenvalue weighted by molar-refractivity contribution is 5.98. The van der Waals surface area contributed by atoms with Crippen molar-refractivity contribution in [2.75, 3.05) is 11.9 Å². The summed E-state index contributed by atoms with van der Waals surface area (Å²) in [6.07, 6.45) is 0.810. The quantitative estimate of drug-likeness (QED) is 0.657. The summed E-state index contributed by atoms with van der Waals surface area (Å²) < 4.78 is 5.19. The maximum atomic E-state index is 12.3. The van der Waals surface area contributed by atoms with Gasteiger partial charge in [0.05, 0.1) is 0 Å². The SMILES string of the molecule is CCc1cccc(C)c1NC(=O)COC(=O)c1cc2c(C)cc(C)cc2[nH]1. The Morgan fingerprint density at radius 3 is 2.59 bits per heavy atom. The monoisotopic (exact) mass is 364 g/mol. The van der Waals surface area contributed by atoms with Crippen LogP contribution in [0.3, 0.4) is 0 Å². The molecule has 1 heterocycles. The minimum absolute atomic E-state index is 0.330. The fraction of sp³-hybridized carbons (Fsp3) is 0.273. The van der Waals surface area contributed by atoms with E-state index in [1.165, 1.54) is 0 Å². The van der Waals surface area contributed by atoms with Gasteiger partial charge in [-0.3, -0.25) is 4.79 Å². The summed E-state index contributed by atoms with van der Waals surface area (Å²) in [5.74, 6) is -0.894. The van der Waals surface area contributed by atoms with Crippen LogP contribution in [0.2, 0.25) is 0 Å². The smallest absolute Gasteiger partial charge is 0.355 e. The number of nitrogens with one attached hydrogen (secondary N) is 2. The van der Waals surface area contributed by atoms with Crippen molar-refractivity contribution in [3.05, 3.63) is 64.3 Å². The van der Waals surface area contributed by atoms with Crippen LogP contribution in [-0.2, 0) is 16.0 Å². The number of para-hydroxylation sites is 1. The molecule has 1 amide bonds. The number of carbonyl (C=O) groups excluding carboxylic acids is 2. The van der Waals surface area contributed by atoms with Crippen molar-refractivity contribution in [1.29, 1.82) is 0 Å². The Labute approximate surface area is 158 Å². The van der Waals surface area contributed by atoms with Gasteiger partial charge in [-0.1, -0.05) is 31.2 Å². The number of benzene rings is 2. The molecule has 1 aromatic heterocycles. The van der Waals surface area contributed by atoms with E-state index in [1.807, 2.05) is 52.0 Å². The summed E-state index contributed by atoms with van der Waals surface area (Å²) in [5.41, 5.74) is 6.26. The van der Waals surface area contributed by atoms with Crippen LogP contribution in [-0.4, -0.2) is 23.5 Å². The number of fused-ring (bicyclic) bond motifs is 1. The van der Waals surface area contributed by atoms with Gasteiger partial charge in [0.25, 0.3) is 5.91 Å². The van der Waals surface area contributed by atoms with Gasteiger partial charge in [-0.25, -0.2) is 4.79 Å². The molecular weight excluding hydrogens is 340 g/mol. The largest absolute Gasteiger partial charge is 0.451 e. The minimum atomic E-state index is -0.543. The maximum Gasteiger partial charge on any atom is 0.355 e. The second kappa shape index (κ2) is 7.66. The lowest BCUT2D eigenvalue weighted by Crippen LogP contribution is -2.22. The van der Waals surface area contributed by atoms with Gasteiger partial charge in [0.15, 0.2) is 6.61 Å². The van der Waals surface area contributed by atoms with E-state index in [-0.39, 0.29) is 12.5 Å². The molecule has 0 aliphatic carbocycles. The first-order valence-corrected chi connectivity index (χ1v) is 9.04. The Kier molecular flexibility index (Phi) is 5.31. The van der Waals surface area contributed by atoms with Crippen LogP contribution in [0.25, 0.3) is 10.9 Å². The molecule has 2 aromatic carbocycles. The average molecular weight is 364 g/mol. The van der Waals surface area contributed by atoms with Crippen LogP contribution in [0, 0.1) is 20.8 Å². The molecule has 3 rings (SSSR count). The van der Waals surface area contributed by atoms with E-state index in [1.54, 1.807) is 6.07 Å². The van der Waals surface area contributed by atoms with Crippen molar-refractivity contribution in [2.24, 2.45) is 0 Å². The van der Waals surface area contributed by atoms with Gasteiger partial charge in [0.2, 0.25) is 0 Å². The van der Waals surface area contributed by atoms with Crippen LogP contribution in [0.15, 0.2) is 36.4 Å². The summed E-state index contributed by atoms with van der Waals surface area (Å²) in [4.78, 5) is 27.6. The van der Waals surface area contributed by atoms with Gasteiger partial charge in [0, 0.05) is 16.6 Å². The summed E-state index contributed by atoms with van der Waals surface area (Å²) in [6, 6.07) is 11.7. The van der Waals surface area contributed by atoms with E-state index in [9.17, 15) is 9.59 Å². The number of hydrogen-bond donors (Lipinski definition) is 2. The lowest BCUT2D eigenvalue weighted by molar-refractivity contribution is -0.119. The lowest BCUT2D eigenvalue weighted by atomic mass is 10.1. The van der Waals surface area contributed by atoms with Crippen molar-refractivity contribution in [1.82, 2.24) is 4.98 Å². The third-order valence-corrected chi connectivity index (χ3v) is 4.65. The normalized spacial score (nSPS) is 10.8. The number of anilines is 1. The van der Waals surface area contributed by atoms with Crippen molar-refractivity contribution >= 4 is 28.5 Å². The third-order valence-electron chi connectivity index (χ3n) is 4.65. The van der Waals surface area contributed by atoms with Gasteiger partial charge >= 0.3 is 5.97 Å². The lowest BCUT2D eigenvalue weighted by Gasteiger charge is -2.12. The van der Waals surface area contributed by atoms with Crippen molar-refractivity contribution in [3.8, 4) is 0 Å². The van der Waals surface area contributed by atoms with Gasteiger partial charge in [-0.2, -0.15) is 0 Å². The van der Waals surface area contributed by atoms with Crippen LogP contribution in [0.1, 0.15) is 39.7 Å². The number of hydrogen-bond acceptors (Lipinski definition) is 3. The average Bonchev–Trinajstić information content (AvgIpc) is 3.06. The number of H-pyrrole nitrogens is 1. The number of rotatable bonds is 5. The minimum Gasteiger partial charge on any atom is -0.451 e. The number of carbonyl (C=O) groups is 2. The molecule has 140 valence electrons. The summed E-state index contributed by atoms with van der Waals surface area (Å²) in [7, 11) is 0. The van der Waals surface area contributed by atoms with Crippen LogP contribution in [0.5, 0.6) is 0 Å². The fourth-order valence-electron chi connectivity index (χ4n) is 3.30. The Bertz CT molecular complexity index is 1020. The molecular formula is C22H24N2O3. The van der Waals surface area contributed by atoms with E-state index in [0.717, 1.165) is 45.3 Å². The zero-order chi connectivity index (χ0) is 19.6. The third kappa shape index (κ3) is 4.03. The fourth-order valence-corrected chi connectivity index (χ4v) is 3.30. The standard InChI is InChI=1S/C22H24N2O3/c1-5-16-8-6-7-14(3)21(16)24-20(25)12-27-22(26)19-11-17-15(4)9-13(2)10-18(17)23-19/h6-11,23H,5,12H2,1-4H3,(H,24,25). The Morgan fingerprint density at radius 2 is 1.85 bits per heavy atom. The second-order valence-electron chi connectivity index (χ2n) is 6.81. The highest BCUT2D eigenvalue weighted by Crippen LogP contribution is 2.22. The van der Waals surface area contributed by atoms with Gasteiger partial charge in [-0.15, -0.1) is 0 Å². The Hall–Kier alpha value is -3.08. The summed E-state index contributed by atoms with van der Waals surface area (Å²) >= 11 is 0. The van der Waals surface area contributed by atoms with Crippen molar-refractivity contribution in [3.63, 3.8) is 0 Å². The van der Waals surface area contributed by atoms with Crippen LogP contribution >= 0.6 is 0 Å². The predicted octanol–water partition coefficient (Wildman–Crippen LogP) is 4.45. The molecule has 0 aliphatic heterocycles. The topological polar surface area (TPSA) is 71.2 Å². The number of esters is 1. The number of aromatic nitrogens is 1. The number of aromatic amines is 1. The number of ether oxygens (including phenoxy) is 1. The zero-order valence-corrected chi connectivity index (χ0v) is 16.1. The second-order valence-corrected chi connectivity index (χ2v) is 6.81. The van der Waals surface area contributed by atoms with Crippen LogP contribution < -0.4 is 5.32 Å². The molecule has 0 fully saturated rings. The number of aryl methyl sites for hydroxylation is 4. The molecule has 3 aromatic rings. The first kappa shape index (κ1) is 18.7. The van der Waals surface area contributed by atoms with E-state index < -0.39 is 5.97 Å². The van der Waals surface area contributed by atoms with Gasteiger partial charge in [-0.05, 0) is 61.6 Å². The van der Waals surface area contributed by atoms with Crippen LogP contribution in [0.4, 0.5) is 5.69 Å². The Morgan fingerprint density at radius 1 is 1.07 bits per heavy atom. The first-order chi connectivity index (χ1) is 12.9. The molecule has 5 heteroatoms. The highest BCUT2D eigenvalue weighted by Gasteiger charge is 2.15. The molecule has 0 unspecified atom stereocenters. The van der Waals surface area contributed by atoms with Crippen molar-refractivity contribution < 1.29 is 14.3 Å². The molecule has 0 saturated heterocycles. The molecule has 0 radical (unpaired) electrons. The molecule has 0 spiro atoms. The molecule has 0 atom stereocenters. The molecule has 0 saturated carbocycles. The van der Waals surface area contributed by atoms with Crippen molar-refractivity contribution in [2.45, 2.75) is 34.1 Å². The molecule has 5 nitrogen and oxygen atoms in total. The molecule has 2 N–H and O–H groups in total. The predicted molar refractivity (Wildman–Crippen MR) is 107 cm³/mol. The van der Waals surface area contributed by atoms with Gasteiger partial charge < -0.3 is 15.0 Å². The Balaban J connectivity index is 1.67.